The molecule has 0 aliphatic heterocycles. The van der Waals surface area contributed by atoms with Crippen LogP contribution in [0.5, 0.6) is 0 Å². The quantitative estimate of drug-likeness (QED) is 0.512. The Kier molecular flexibility index (Phi) is 3.71. The Balaban J connectivity index is 2.41. The van der Waals surface area contributed by atoms with Gasteiger partial charge >= 0.3 is 5.97 Å². The maximum Gasteiger partial charge on any atom is 0.328 e. The number of carbonyl (C=O) groups is 1. The first kappa shape index (κ1) is 14.1. The summed E-state index contributed by atoms with van der Waals surface area (Å²) in [5.41, 5.74) is 3.61. The van der Waals surface area contributed by atoms with Crippen LogP contribution in [0, 0.1) is 3.57 Å². The van der Waals surface area contributed by atoms with Crippen molar-refractivity contribution in [3.8, 4) is 0 Å². The number of furan rings is 1. The van der Waals surface area contributed by atoms with Crippen molar-refractivity contribution in [2.75, 3.05) is 0 Å². The van der Waals surface area contributed by atoms with E-state index in [9.17, 15) is 4.79 Å². The first-order valence-electron chi connectivity index (χ1n) is 6.65. The van der Waals surface area contributed by atoms with E-state index < -0.39 is 5.97 Å². The Morgan fingerprint density at radius 2 is 2.10 bits per heavy atom. The third-order valence-corrected chi connectivity index (χ3v) is 4.35. The van der Waals surface area contributed by atoms with E-state index in [-0.39, 0.29) is 0 Å². The van der Waals surface area contributed by atoms with E-state index in [1.54, 1.807) is 6.08 Å². The highest BCUT2D eigenvalue weighted by Crippen LogP contribution is 2.36. The van der Waals surface area contributed by atoms with Crippen LogP contribution in [-0.2, 0) is 11.2 Å². The summed E-state index contributed by atoms with van der Waals surface area (Å²) in [6, 6.07) is 10.0. The smallest absolute Gasteiger partial charge is 0.328 e. The topological polar surface area (TPSA) is 50.4 Å². The SMILES string of the molecule is CCc1ccc(C=CC(=O)O)c2oc3c(I)cccc3c12. The molecule has 21 heavy (non-hydrogen) atoms. The number of rotatable bonds is 3. The highest BCUT2D eigenvalue weighted by atomic mass is 127. The van der Waals surface area contributed by atoms with Gasteiger partial charge in [0.2, 0.25) is 0 Å². The summed E-state index contributed by atoms with van der Waals surface area (Å²) < 4.78 is 7.09. The molecule has 0 saturated heterocycles. The average Bonchev–Trinajstić information content (AvgIpc) is 2.86. The van der Waals surface area contributed by atoms with Crippen LogP contribution in [0.1, 0.15) is 18.1 Å². The Morgan fingerprint density at radius 1 is 1.29 bits per heavy atom. The summed E-state index contributed by atoms with van der Waals surface area (Å²) in [7, 11) is 0. The van der Waals surface area contributed by atoms with Crippen LogP contribution in [0.2, 0.25) is 0 Å². The second-order valence-electron chi connectivity index (χ2n) is 4.76. The summed E-state index contributed by atoms with van der Waals surface area (Å²) in [4.78, 5) is 10.7. The number of carboxylic acids is 1. The van der Waals surface area contributed by atoms with E-state index in [4.69, 9.17) is 9.52 Å². The Labute approximate surface area is 135 Å². The lowest BCUT2D eigenvalue weighted by Gasteiger charge is -2.02. The molecule has 0 aliphatic rings. The molecule has 3 rings (SSSR count). The molecule has 3 nitrogen and oxygen atoms in total. The van der Waals surface area contributed by atoms with Gasteiger partial charge in [-0.15, -0.1) is 0 Å². The van der Waals surface area contributed by atoms with Crippen LogP contribution in [0.15, 0.2) is 40.8 Å². The Morgan fingerprint density at radius 3 is 2.81 bits per heavy atom. The first-order chi connectivity index (χ1) is 10.1. The van der Waals surface area contributed by atoms with Crippen molar-refractivity contribution >= 4 is 56.6 Å². The van der Waals surface area contributed by atoms with Crippen LogP contribution < -0.4 is 0 Å². The Hall–Kier alpha value is -1.82. The van der Waals surface area contributed by atoms with Crippen molar-refractivity contribution in [2.24, 2.45) is 0 Å². The third-order valence-electron chi connectivity index (χ3n) is 3.50. The van der Waals surface area contributed by atoms with E-state index in [0.29, 0.717) is 0 Å². The molecule has 0 aliphatic carbocycles. The standard InChI is InChI=1S/C17H13IO3/c1-2-10-6-7-11(8-9-14(19)20)16-15(10)12-4-3-5-13(18)17(12)21-16/h3-9H,2H2,1H3,(H,19,20). The first-order valence-corrected chi connectivity index (χ1v) is 7.73. The minimum absolute atomic E-state index is 0.756. The molecule has 0 atom stereocenters. The van der Waals surface area contributed by atoms with Crippen LogP contribution in [0.25, 0.3) is 28.0 Å². The van der Waals surface area contributed by atoms with Gasteiger partial charge in [-0.3, -0.25) is 0 Å². The van der Waals surface area contributed by atoms with Crippen molar-refractivity contribution in [2.45, 2.75) is 13.3 Å². The van der Waals surface area contributed by atoms with Crippen molar-refractivity contribution in [3.63, 3.8) is 0 Å². The van der Waals surface area contributed by atoms with E-state index in [2.05, 4.69) is 29.5 Å². The molecule has 0 spiro atoms. The highest BCUT2D eigenvalue weighted by Gasteiger charge is 2.14. The number of aliphatic carboxylic acids is 1. The van der Waals surface area contributed by atoms with E-state index in [1.165, 1.54) is 5.56 Å². The van der Waals surface area contributed by atoms with Crippen molar-refractivity contribution in [3.05, 3.63) is 51.1 Å². The molecule has 0 fully saturated rings. The molecule has 1 aromatic heterocycles. The molecule has 0 unspecified atom stereocenters. The minimum Gasteiger partial charge on any atom is -0.478 e. The zero-order valence-corrected chi connectivity index (χ0v) is 13.5. The molecule has 1 heterocycles. The summed E-state index contributed by atoms with van der Waals surface area (Å²) in [5, 5.41) is 11.0. The van der Waals surface area contributed by atoms with Crippen LogP contribution in [0.3, 0.4) is 0 Å². The third kappa shape index (κ3) is 2.44. The highest BCUT2D eigenvalue weighted by molar-refractivity contribution is 14.1. The van der Waals surface area contributed by atoms with Gasteiger partial charge in [0, 0.05) is 22.4 Å². The molecule has 4 heteroatoms. The lowest BCUT2D eigenvalue weighted by Crippen LogP contribution is -1.87. The van der Waals surface area contributed by atoms with Gasteiger partial charge in [0.25, 0.3) is 0 Å². The van der Waals surface area contributed by atoms with Gasteiger partial charge in [-0.2, -0.15) is 0 Å². The van der Waals surface area contributed by atoms with Crippen LogP contribution in [-0.4, -0.2) is 11.1 Å². The zero-order valence-electron chi connectivity index (χ0n) is 11.4. The molecular weight excluding hydrogens is 379 g/mol. The molecule has 106 valence electrons. The van der Waals surface area contributed by atoms with Crippen molar-refractivity contribution < 1.29 is 14.3 Å². The number of benzene rings is 2. The Bertz CT molecular complexity index is 874. The van der Waals surface area contributed by atoms with Gasteiger partial charge in [0.05, 0.1) is 3.57 Å². The number of fused-ring (bicyclic) bond motifs is 3. The van der Waals surface area contributed by atoms with Crippen molar-refractivity contribution in [1.29, 1.82) is 0 Å². The molecule has 3 aromatic rings. The van der Waals surface area contributed by atoms with Gasteiger partial charge in [0.1, 0.15) is 11.2 Å². The fraction of sp³-hybridized carbons (Fsp3) is 0.118. The molecule has 1 N–H and O–H groups in total. The molecule has 0 amide bonds. The average molecular weight is 392 g/mol. The van der Waals surface area contributed by atoms with E-state index in [1.807, 2.05) is 30.3 Å². The lowest BCUT2D eigenvalue weighted by atomic mass is 10.0. The number of aryl methyl sites for hydroxylation is 1. The normalized spacial score (nSPS) is 11.7. The fourth-order valence-corrected chi connectivity index (χ4v) is 3.15. The maximum absolute atomic E-state index is 10.7. The van der Waals surface area contributed by atoms with Gasteiger partial charge in [-0.05, 0) is 46.7 Å². The number of carboxylic acid groups (broad SMARTS) is 1. The summed E-state index contributed by atoms with van der Waals surface area (Å²) in [5.74, 6) is -0.964. The van der Waals surface area contributed by atoms with Crippen LogP contribution >= 0.6 is 22.6 Å². The molecule has 0 bridgehead atoms. The van der Waals surface area contributed by atoms with Gasteiger partial charge in [0.15, 0.2) is 0 Å². The molecule has 0 radical (unpaired) electrons. The molecule has 2 aromatic carbocycles. The van der Waals surface area contributed by atoms with Crippen LogP contribution in [0.4, 0.5) is 0 Å². The van der Waals surface area contributed by atoms with E-state index >= 15 is 0 Å². The number of hydrogen-bond acceptors (Lipinski definition) is 2. The van der Waals surface area contributed by atoms with Gasteiger partial charge in [-0.1, -0.05) is 31.2 Å². The lowest BCUT2D eigenvalue weighted by molar-refractivity contribution is -0.131. The second-order valence-corrected chi connectivity index (χ2v) is 5.92. The number of para-hydroxylation sites is 1. The fourth-order valence-electron chi connectivity index (χ4n) is 2.54. The summed E-state index contributed by atoms with van der Waals surface area (Å²) >= 11 is 2.25. The molecule has 0 saturated carbocycles. The number of halogens is 1. The predicted octanol–water partition coefficient (Wildman–Crippen LogP) is 4.85. The monoisotopic (exact) mass is 392 g/mol. The predicted molar refractivity (Wildman–Crippen MR) is 92.5 cm³/mol. The number of hydrogen-bond donors (Lipinski definition) is 1. The summed E-state index contributed by atoms with van der Waals surface area (Å²) in [6.07, 6.45) is 3.62. The van der Waals surface area contributed by atoms with Crippen molar-refractivity contribution in [1.82, 2.24) is 0 Å². The van der Waals surface area contributed by atoms with Gasteiger partial charge in [-0.25, -0.2) is 4.79 Å². The minimum atomic E-state index is -0.964. The zero-order chi connectivity index (χ0) is 15.0. The van der Waals surface area contributed by atoms with Gasteiger partial charge < -0.3 is 9.52 Å². The largest absolute Gasteiger partial charge is 0.478 e. The maximum atomic E-state index is 10.7. The van der Waals surface area contributed by atoms with E-state index in [0.717, 1.165) is 43.6 Å². The second kappa shape index (κ2) is 5.52. The summed E-state index contributed by atoms with van der Waals surface area (Å²) in [6.45, 7) is 2.11. The molecular formula is C17H13IO3.